The van der Waals surface area contributed by atoms with Crippen LogP contribution in [0.3, 0.4) is 0 Å². The molecule has 0 bridgehead atoms. The fraction of sp³-hybridized carbons (Fsp3) is 0.625. The van der Waals surface area contributed by atoms with Gasteiger partial charge in [0.25, 0.3) is 0 Å². The first-order valence-electron chi connectivity index (χ1n) is 7.77. The second-order valence-electron chi connectivity index (χ2n) is 5.99. The number of piperazine rings is 1. The van der Waals surface area contributed by atoms with Gasteiger partial charge in [-0.2, -0.15) is 0 Å². The number of rotatable bonds is 3. The lowest BCUT2D eigenvalue weighted by molar-refractivity contribution is -0.0263. The Kier molecular flexibility index (Phi) is 4.69. The standard InChI is InChI=1S/C16H24ClN3O/c17-14-1-3-15(4-2-14)19-7-9-20(10-8-19)16(13-18)5-11-21-12-6-16/h1-4H,5-13,18H2. The van der Waals surface area contributed by atoms with Gasteiger partial charge in [0.05, 0.1) is 0 Å². The van der Waals surface area contributed by atoms with Crippen molar-refractivity contribution < 1.29 is 4.74 Å². The van der Waals surface area contributed by atoms with Crippen LogP contribution in [0, 0.1) is 0 Å². The summed E-state index contributed by atoms with van der Waals surface area (Å²) in [5.41, 5.74) is 7.52. The number of hydrogen-bond acceptors (Lipinski definition) is 4. The second kappa shape index (κ2) is 6.53. The van der Waals surface area contributed by atoms with E-state index >= 15 is 0 Å². The molecule has 2 N–H and O–H groups in total. The number of halogens is 1. The quantitative estimate of drug-likeness (QED) is 0.927. The molecule has 2 aliphatic heterocycles. The van der Waals surface area contributed by atoms with Gasteiger partial charge in [-0.25, -0.2) is 0 Å². The molecule has 2 fully saturated rings. The van der Waals surface area contributed by atoms with Gasteiger partial charge in [0.2, 0.25) is 0 Å². The van der Waals surface area contributed by atoms with E-state index in [2.05, 4.69) is 21.9 Å². The lowest BCUT2D eigenvalue weighted by atomic mass is 9.87. The summed E-state index contributed by atoms with van der Waals surface area (Å²) >= 11 is 5.96. The van der Waals surface area contributed by atoms with E-state index in [4.69, 9.17) is 22.1 Å². The van der Waals surface area contributed by atoms with E-state index in [0.29, 0.717) is 0 Å². The summed E-state index contributed by atoms with van der Waals surface area (Å²) in [5, 5.41) is 0.793. The van der Waals surface area contributed by atoms with Gasteiger partial charge >= 0.3 is 0 Å². The van der Waals surface area contributed by atoms with Crippen molar-refractivity contribution in [2.75, 3.05) is 50.8 Å². The minimum absolute atomic E-state index is 0.157. The van der Waals surface area contributed by atoms with E-state index in [1.807, 2.05) is 12.1 Å². The van der Waals surface area contributed by atoms with E-state index in [1.54, 1.807) is 0 Å². The van der Waals surface area contributed by atoms with Crippen LogP contribution in [-0.2, 0) is 4.74 Å². The lowest BCUT2D eigenvalue weighted by Gasteiger charge is -2.49. The average molecular weight is 310 g/mol. The number of nitrogens with two attached hydrogens (primary N) is 1. The van der Waals surface area contributed by atoms with Crippen LogP contribution in [0.1, 0.15) is 12.8 Å². The summed E-state index contributed by atoms with van der Waals surface area (Å²) in [6.45, 7) is 6.65. The summed E-state index contributed by atoms with van der Waals surface area (Å²) in [6, 6.07) is 8.13. The molecule has 1 aromatic carbocycles. The third kappa shape index (κ3) is 3.19. The molecule has 0 spiro atoms. The molecule has 2 saturated heterocycles. The number of nitrogens with zero attached hydrogens (tertiary/aromatic N) is 2. The highest BCUT2D eigenvalue weighted by molar-refractivity contribution is 6.30. The molecule has 0 radical (unpaired) electrons. The molecule has 2 aliphatic rings. The average Bonchev–Trinajstić information content (AvgIpc) is 2.56. The highest BCUT2D eigenvalue weighted by Crippen LogP contribution is 2.29. The minimum atomic E-state index is 0.157. The van der Waals surface area contributed by atoms with Gasteiger partial charge in [-0.3, -0.25) is 4.90 Å². The van der Waals surface area contributed by atoms with Gasteiger partial charge in [-0.15, -0.1) is 0 Å². The molecule has 0 aliphatic carbocycles. The van der Waals surface area contributed by atoms with Crippen molar-refractivity contribution in [1.82, 2.24) is 4.90 Å². The topological polar surface area (TPSA) is 41.7 Å². The van der Waals surface area contributed by atoms with Crippen molar-refractivity contribution in [2.24, 2.45) is 5.73 Å². The number of hydrogen-bond donors (Lipinski definition) is 1. The number of benzene rings is 1. The van der Waals surface area contributed by atoms with Gasteiger partial charge in [0.15, 0.2) is 0 Å². The molecule has 21 heavy (non-hydrogen) atoms. The van der Waals surface area contributed by atoms with Crippen LogP contribution in [-0.4, -0.2) is 56.4 Å². The molecule has 2 heterocycles. The lowest BCUT2D eigenvalue weighted by Crippen LogP contribution is -2.62. The van der Waals surface area contributed by atoms with Crippen LogP contribution < -0.4 is 10.6 Å². The summed E-state index contributed by atoms with van der Waals surface area (Å²) in [5.74, 6) is 0. The fourth-order valence-corrected chi connectivity index (χ4v) is 3.62. The fourth-order valence-electron chi connectivity index (χ4n) is 3.49. The first-order chi connectivity index (χ1) is 10.2. The zero-order valence-corrected chi connectivity index (χ0v) is 13.2. The molecular formula is C16H24ClN3O. The minimum Gasteiger partial charge on any atom is -0.381 e. The van der Waals surface area contributed by atoms with E-state index < -0.39 is 0 Å². The Balaban J connectivity index is 1.63. The van der Waals surface area contributed by atoms with Gasteiger partial charge in [0.1, 0.15) is 0 Å². The van der Waals surface area contributed by atoms with E-state index in [9.17, 15) is 0 Å². The molecule has 0 unspecified atom stereocenters. The maximum Gasteiger partial charge on any atom is 0.0484 e. The smallest absolute Gasteiger partial charge is 0.0484 e. The molecular weight excluding hydrogens is 286 g/mol. The predicted molar refractivity (Wildman–Crippen MR) is 87.1 cm³/mol. The highest BCUT2D eigenvalue weighted by atomic mass is 35.5. The Labute approximate surface area is 131 Å². The normalized spacial score (nSPS) is 23.2. The van der Waals surface area contributed by atoms with Gasteiger partial charge in [0, 0.05) is 62.2 Å². The van der Waals surface area contributed by atoms with Crippen LogP contribution in [0.4, 0.5) is 5.69 Å². The van der Waals surface area contributed by atoms with Crippen LogP contribution in [0.15, 0.2) is 24.3 Å². The second-order valence-corrected chi connectivity index (χ2v) is 6.43. The maximum absolute atomic E-state index is 6.11. The zero-order chi connectivity index (χ0) is 14.7. The molecule has 1 aromatic rings. The Morgan fingerprint density at radius 1 is 1.05 bits per heavy atom. The van der Waals surface area contributed by atoms with Crippen molar-refractivity contribution >= 4 is 17.3 Å². The third-order valence-corrected chi connectivity index (χ3v) is 5.20. The molecule has 0 amide bonds. The van der Waals surface area contributed by atoms with Crippen molar-refractivity contribution in [3.63, 3.8) is 0 Å². The summed E-state index contributed by atoms with van der Waals surface area (Å²) in [4.78, 5) is 5.01. The van der Waals surface area contributed by atoms with Crippen molar-refractivity contribution in [3.8, 4) is 0 Å². The molecule has 0 aromatic heterocycles. The molecule has 4 nitrogen and oxygen atoms in total. The Hall–Kier alpha value is -0.810. The van der Waals surface area contributed by atoms with E-state index in [1.165, 1.54) is 5.69 Å². The van der Waals surface area contributed by atoms with Crippen molar-refractivity contribution in [1.29, 1.82) is 0 Å². The Bertz CT molecular complexity index is 451. The number of ether oxygens (including phenoxy) is 1. The maximum atomic E-state index is 6.11. The van der Waals surface area contributed by atoms with Gasteiger partial charge < -0.3 is 15.4 Å². The summed E-state index contributed by atoms with van der Waals surface area (Å²) < 4.78 is 5.51. The van der Waals surface area contributed by atoms with Crippen molar-refractivity contribution in [2.45, 2.75) is 18.4 Å². The first-order valence-corrected chi connectivity index (χ1v) is 8.15. The summed E-state index contributed by atoms with van der Waals surface area (Å²) in [7, 11) is 0. The predicted octanol–water partition coefficient (Wildman–Crippen LogP) is 1.97. The largest absolute Gasteiger partial charge is 0.381 e. The van der Waals surface area contributed by atoms with Gasteiger partial charge in [-0.05, 0) is 37.1 Å². The highest BCUT2D eigenvalue weighted by Gasteiger charge is 2.38. The first kappa shape index (κ1) is 15.1. The SMILES string of the molecule is NCC1(N2CCN(c3ccc(Cl)cc3)CC2)CCOCC1. The zero-order valence-electron chi connectivity index (χ0n) is 12.4. The molecule has 5 heteroatoms. The van der Waals surface area contributed by atoms with Crippen LogP contribution in [0.25, 0.3) is 0 Å². The van der Waals surface area contributed by atoms with Crippen molar-refractivity contribution in [3.05, 3.63) is 29.3 Å². The van der Waals surface area contributed by atoms with Gasteiger partial charge in [-0.1, -0.05) is 11.6 Å². The molecule has 3 rings (SSSR count). The van der Waals surface area contributed by atoms with E-state index in [-0.39, 0.29) is 5.54 Å². The number of anilines is 1. The van der Waals surface area contributed by atoms with Crippen LogP contribution in [0.5, 0.6) is 0 Å². The Morgan fingerprint density at radius 3 is 2.24 bits per heavy atom. The van der Waals surface area contributed by atoms with E-state index in [0.717, 1.165) is 63.8 Å². The van der Waals surface area contributed by atoms with Crippen LogP contribution in [0.2, 0.25) is 5.02 Å². The molecule has 116 valence electrons. The third-order valence-electron chi connectivity index (χ3n) is 4.95. The summed E-state index contributed by atoms with van der Waals surface area (Å²) in [6.07, 6.45) is 2.12. The Morgan fingerprint density at radius 2 is 1.67 bits per heavy atom. The van der Waals surface area contributed by atoms with Crippen LogP contribution >= 0.6 is 11.6 Å². The molecule has 0 saturated carbocycles. The monoisotopic (exact) mass is 309 g/mol. The molecule has 0 atom stereocenters.